The molecule has 2 aromatic carbocycles. The molecule has 0 aliphatic heterocycles. The summed E-state index contributed by atoms with van der Waals surface area (Å²) >= 11 is 0. The number of hydrogen-bond donors (Lipinski definition) is 0. The van der Waals surface area contributed by atoms with E-state index >= 15 is 0 Å². The lowest BCUT2D eigenvalue weighted by atomic mass is 9.94. The SMILES string of the molecule is C=Cc1c(-c2ccccc2)c(=O)c1=O. The Morgan fingerprint density at radius 1 is 1.00 bits per heavy atom. The molecule has 0 unspecified atom stereocenters. The molecule has 0 heterocycles. The van der Waals surface area contributed by atoms with Crippen molar-refractivity contribution >= 4 is 6.08 Å². The molecule has 14 heavy (non-hydrogen) atoms. The van der Waals surface area contributed by atoms with Crippen LogP contribution in [0.3, 0.4) is 0 Å². The minimum atomic E-state index is -0.432. The lowest BCUT2D eigenvalue weighted by molar-refractivity contribution is 1.38. The Morgan fingerprint density at radius 3 is 2.21 bits per heavy atom. The van der Waals surface area contributed by atoms with E-state index in [1.165, 1.54) is 6.08 Å². The van der Waals surface area contributed by atoms with Crippen molar-refractivity contribution in [3.63, 3.8) is 0 Å². The normalized spacial score (nSPS) is 10.3. The van der Waals surface area contributed by atoms with Gasteiger partial charge in [-0.25, -0.2) is 0 Å². The largest absolute Gasteiger partial charge is 0.285 e. The topological polar surface area (TPSA) is 34.1 Å². The quantitative estimate of drug-likeness (QED) is 0.664. The van der Waals surface area contributed by atoms with Gasteiger partial charge in [0.2, 0.25) is 10.9 Å². The maximum atomic E-state index is 11.3. The molecule has 0 bridgehead atoms. The lowest BCUT2D eigenvalue weighted by Crippen LogP contribution is -2.35. The molecule has 0 aliphatic rings. The summed E-state index contributed by atoms with van der Waals surface area (Å²) in [6.07, 6.45) is 1.44. The van der Waals surface area contributed by atoms with Crippen LogP contribution in [0.2, 0.25) is 0 Å². The van der Waals surface area contributed by atoms with Crippen LogP contribution in [0.25, 0.3) is 17.2 Å². The zero-order chi connectivity index (χ0) is 10.1. The van der Waals surface area contributed by atoms with Crippen molar-refractivity contribution < 1.29 is 0 Å². The first-order valence-corrected chi connectivity index (χ1v) is 4.27. The van der Waals surface area contributed by atoms with Crippen LogP contribution in [0.1, 0.15) is 5.56 Å². The highest BCUT2D eigenvalue weighted by Crippen LogP contribution is 2.19. The van der Waals surface area contributed by atoms with Crippen LogP contribution in [-0.2, 0) is 0 Å². The van der Waals surface area contributed by atoms with Crippen LogP contribution in [-0.4, -0.2) is 0 Å². The van der Waals surface area contributed by atoms with E-state index in [0.29, 0.717) is 11.1 Å². The van der Waals surface area contributed by atoms with Gasteiger partial charge in [-0.05, 0) is 5.56 Å². The highest BCUT2D eigenvalue weighted by molar-refractivity contribution is 5.77. The van der Waals surface area contributed by atoms with Gasteiger partial charge in [-0.2, -0.15) is 0 Å². The Kier molecular flexibility index (Phi) is 1.89. The van der Waals surface area contributed by atoms with Gasteiger partial charge in [0, 0.05) is 11.1 Å². The standard InChI is InChI=1S/C12H8O2/c1-2-9-10(12(14)11(9)13)8-6-4-3-5-7-8/h2-7H,1H2. The van der Waals surface area contributed by atoms with E-state index in [-0.39, 0.29) is 0 Å². The molecule has 2 heteroatoms. The first kappa shape index (κ1) is 8.63. The Hall–Kier alpha value is -1.96. The van der Waals surface area contributed by atoms with E-state index in [4.69, 9.17) is 0 Å². The molecule has 0 radical (unpaired) electrons. The second-order valence-corrected chi connectivity index (χ2v) is 3.02. The fourth-order valence-electron chi connectivity index (χ4n) is 1.50. The van der Waals surface area contributed by atoms with Crippen LogP contribution >= 0.6 is 0 Å². The predicted octanol–water partition coefficient (Wildman–Crippen LogP) is 1.59. The maximum absolute atomic E-state index is 11.3. The predicted molar refractivity (Wildman–Crippen MR) is 56.9 cm³/mol. The second-order valence-electron chi connectivity index (χ2n) is 3.02. The van der Waals surface area contributed by atoms with Crippen LogP contribution in [0.5, 0.6) is 0 Å². The van der Waals surface area contributed by atoms with E-state index in [1.807, 2.05) is 30.3 Å². The summed E-state index contributed by atoms with van der Waals surface area (Å²) in [4.78, 5) is 22.4. The zero-order valence-electron chi connectivity index (χ0n) is 7.49. The second kappa shape index (κ2) is 3.07. The van der Waals surface area contributed by atoms with Gasteiger partial charge in [0.15, 0.2) is 0 Å². The number of benzene rings is 1. The molecule has 0 atom stereocenters. The molecule has 68 valence electrons. The minimum absolute atomic E-state index is 0.411. The summed E-state index contributed by atoms with van der Waals surface area (Å²) in [5, 5.41) is 0. The van der Waals surface area contributed by atoms with Crippen molar-refractivity contribution in [2.24, 2.45) is 0 Å². The summed E-state index contributed by atoms with van der Waals surface area (Å²) in [6, 6.07) is 9.15. The molecule has 2 aromatic rings. The van der Waals surface area contributed by atoms with Gasteiger partial charge in [0.1, 0.15) is 0 Å². The van der Waals surface area contributed by atoms with Gasteiger partial charge in [0.05, 0.1) is 0 Å². The average molecular weight is 184 g/mol. The number of hydrogen-bond acceptors (Lipinski definition) is 2. The summed E-state index contributed by atoms with van der Waals surface area (Å²) in [5.74, 6) is 0. The van der Waals surface area contributed by atoms with Crippen molar-refractivity contribution in [3.8, 4) is 11.1 Å². The molecule has 0 saturated carbocycles. The molecule has 0 spiro atoms. The van der Waals surface area contributed by atoms with Crippen molar-refractivity contribution in [2.45, 2.75) is 0 Å². The van der Waals surface area contributed by atoms with Crippen molar-refractivity contribution in [1.82, 2.24) is 0 Å². The Morgan fingerprint density at radius 2 is 1.64 bits per heavy atom. The molecule has 0 aliphatic carbocycles. The molecule has 0 N–H and O–H groups in total. The zero-order valence-corrected chi connectivity index (χ0v) is 7.49. The smallest absolute Gasteiger partial charge is 0.234 e. The third kappa shape index (κ3) is 1.04. The van der Waals surface area contributed by atoms with Crippen LogP contribution in [0.4, 0.5) is 0 Å². The third-order valence-corrected chi connectivity index (χ3v) is 2.21. The molecule has 0 fully saturated rings. The molecule has 2 rings (SSSR count). The van der Waals surface area contributed by atoms with Crippen molar-refractivity contribution in [1.29, 1.82) is 0 Å². The first-order chi connectivity index (χ1) is 6.75. The minimum Gasteiger partial charge on any atom is -0.285 e. The van der Waals surface area contributed by atoms with Gasteiger partial charge in [0.25, 0.3) is 0 Å². The fourth-order valence-corrected chi connectivity index (χ4v) is 1.50. The van der Waals surface area contributed by atoms with Crippen LogP contribution in [0, 0.1) is 0 Å². The molecule has 0 saturated heterocycles. The van der Waals surface area contributed by atoms with Gasteiger partial charge in [-0.15, -0.1) is 0 Å². The Balaban J connectivity index is 2.66. The van der Waals surface area contributed by atoms with Gasteiger partial charge in [-0.3, -0.25) is 9.59 Å². The Labute approximate surface area is 80.8 Å². The lowest BCUT2D eigenvalue weighted by Gasteiger charge is -2.06. The van der Waals surface area contributed by atoms with E-state index in [0.717, 1.165) is 5.56 Å². The van der Waals surface area contributed by atoms with E-state index in [9.17, 15) is 9.59 Å². The van der Waals surface area contributed by atoms with E-state index in [1.54, 1.807) is 0 Å². The van der Waals surface area contributed by atoms with Gasteiger partial charge in [-0.1, -0.05) is 43.0 Å². The Bertz CT molecular complexity index is 543. The maximum Gasteiger partial charge on any atom is 0.234 e. The number of rotatable bonds is 2. The summed E-state index contributed by atoms with van der Waals surface area (Å²) in [6.45, 7) is 3.51. The fraction of sp³-hybridized carbons (Fsp3) is 0. The van der Waals surface area contributed by atoms with Crippen molar-refractivity contribution in [2.75, 3.05) is 0 Å². The molecule has 0 aromatic heterocycles. The highest BCUT2D eigenvalue weighted by atomic mass is 16.2. The summed E-state index contributed by atoms with van der Waals surface area (Å²) in [5.41, 5.74) is 0.865. The first-order valence-electron chi connectivity index (χ1n) is 4.27. The molecular weight excluding hydrogens is 176 g/mol. The molecular formula is C12H8O2. The van der Waals surface area contributed by atoms with Gasteiger partial charge >= 0.3 is 0 Å². The molecule has 0 amide bonds. The van der Waals surface area contributed by atoms with E-state index in [2.05, 4.69) is 6.58 Å². The third-order valence-electron chi connectivity index (χ3n) is 2.21. The van der Waals surface area contributed by atoms with Crippen molar-refractivity contribution in [3.05, 3.63) is 62.9 Å². The monoisotopic (exact) mass is 184 g/mol. The highest BCUT2D eigenvalue weighted by Gasteiger charge is 2.18. The van der Waals surface area contributed by atoms with Crippen LogP contribution in [0.15, 0.2) is 46.5 Å². The molecule has 2 nitrogen and oxygen atoms in total. The van der Waals surface area contributed by atoms with Gasteiger partial charge < -0.3 is 0 Å². The van der Waals surface area contributed by atoms with Crippen LogP contribution < -0.4 is 10.9 Å². The summed E-state index contributed by atoms with van der Waals surface area (Å²) in [7, 11) is 0. The van der Waals surface area contributed by atoms with E-state index < -0.39 is 10.9 Å². The average Bonchev–Trinajstić information content (AvgIpc) is 2.25. The summed E-state index contributed by atoms with van der Waals surface area (Å²) < 4.78 is 0.